The molecule has 0 bridgehead atoms. The summed E-state index contributed by atoms with van der Waals surface area (Å²) in [4.78, 5) is 36.5. The van der Waals surface area contributed by atoms with E-state index >= 15 is 0 Å². The lowest BCUT2D eigenvalue weighted by Gasteiger charge is -2.20. The van der Waals surface area contributed by atoms with E-state index in [0.29, 0.717) is 19.5 Å². The lowest BCUT2D eigenvalue weighted by atomic mass is 10.1. The molecule has 0 aliphatic carbocycles. The minimum Gasteiger partial charge on any atom is -0.481 e. The highest BCUT2D eigenvalue weighted by atomic mass is 16.4. The molecule has 1 aromatic rings. The van der Waals surface area contributed by atoms with Crippen LogP contribution in [0.3, 0.4) is 0 Å². The van der Waals surface area contributed by atoms with Gasteiger partial charge in [0.1, 0.15) is 0 Å². The quantitative estimate of drug-likeness (QED) is 0.781. The van der Waals surface area contributed by atoms with Crippen molar-refractivity contribution in [2.75, 3.05) is 18.0 Å². The third-order valence-electron chi connectivity index (χ3n) is 4.23. The molecule has 1 atom stereocenters. The van der Waals surface area contributed by atoms with Gasteiger partial charge in [-0.1, -0.05) is 12.1 Å². The molecule has 1 aliphatic heterocycles. The number of carbonyl (C=O) groups excluding carboxylic acids is 2. The Kier molecular flexibility index (Phi) is 5.36. The molecule has 1 unspecified atom stereocenters. The summed E-state index contributed by atoms with van der Waals surface area (Å²) in [6.07, 6.45) is 0.610. The van der Waals surface area contributed by atoms with Crippen molar-refractivity contribution in [2.24, 2.45) is 5.92 Å². The van der Waals surface area contributed by atoms with E-state index in [0.717, 1.165) is 16.8 Å². The van der Waals surface area contributed by atoms with Gasteiger partial charge in [0.2, 0.25) is 11.8 Å². The number of nitrogens with one attached hydrogen (secondary N) is 1. The van der Waals surface area contributed by atoms with E-state index < -0.39 is 5.97 Å². The molecular formula is C17H22N2O4. The molecule has 1 heterocycles. The van der Waals surface area contributed by atoms with Gasteiger partial charge in [0.25, 0.3) is 0 Å². The Balaban J connectivity index is 1.95. The summed E-state index contributed by atoms with van der Waals surface area (Å²) in [7, 11) is 0. The molecule has 2 amide bonds. The van der Waals surface area contributed by atoms with Crippen LogP contribution in [0.1, 0.15) is 30.4 Å². The summed E-state index contributed by atoms with van der Waals surface area (Å²) in [5.41, 5.74) is 3.01. The highest BCUT2D eigenvalue weighted by Gasteiger charge is 2.35. The summed E-state index contributed by atoms with van der Waals surface area (Å²) < 4.78 is 0. The van der Waals surface area contributed by atoms with Gasteiger partial charge in [0.05, 0.1) is 5.92 Å². The number of carboxylic acid groups (broad SMARTS) is 1. The SMILES string of the molecule is Cc1cccc(N2CC(C(=O)NCCCC(=O)O)CC2=O)c1C. The monoisotopic (exact) mass is 318 g/mol. The normalized spacial score (nSPS) is 17.4. The second-order valence-electron chi connectivity index (χ2n) is 5.91. The summed E-state index contributed by atoms with van der Waals surface area (Å²) in [5, 5.41) is 11.3. The van der Waals surface area contributed by atoms with Gasteiger partial charge in [-0.15, -0.1) is 0 Å². The van der Waals surface area contributed by atoms with Crippen LogP contribution in [0.15, 0.2) is 18.2 Å². The molecule has 0 aromatic heterocycles. The van der Waals surface area contributed by atoms with Gasteiger partial charge >= 0.3 is 5.97 Å². The van der Waals surface area contributed by atoms with Gasteiger partial charge in [-0.3, -0.25) is 14.4 Å². The predicted molar refractivity (Wildman–Crippen MR) is 86.3 cm³/mol. The number of amides is 2. The van der Waals surface area contributed by atoms with E-state index in [1.165, 1.54) is 0 Å². The van der Waals surface area contributed by atoms with E-state index in [1.807, 2.05) is 32.0 Å². The topological polar surface area (TPSA) is 86.7 Å². The van der Waals surface area contributed by atoms with Crippen molar-refractivity contribution in [3.8, 4) is 0 Å². The van der Waals surface area contributed by atoms with Crippen LogP contribution in [0.5, 0.6) is 0 Å². The number of rotatable bonds is 6. The molecule has 2 N–H and O–H groups in total. The molecule has 1 aliphatic rings. The average Bonchev–Trinajstić information content (AvgIpc) is 2.88. The summed E-state index contributed by atoms with van der Waals surface area (Å²) in [6, 6.07) is 5.80. The van der Waals surface area contributed by atoms with Crippen molar-refractivity contribution in [3.05, 3.63) is 29.3 Å². The second-order valence-corrected chi connectivity index (χ2v) is 5.91. The fourth-order valence-electron chi connectivity index (χ4n) is 2.74. The third-order valence-corrected chi connectivity index (χ3v) is 4.23. The number of nitrogens with zero attached hydrogens (tertiary/aromatic N) is 1. The van der Waals surface area contributed by atoms with Gasteiger partial charge in [-0.2, -0.15) is 0 Å². The highest BCUT2D eigenvalue weighted by molar-refractivity contribution is 6.00. The van der Waals surface area contributed by atoms with Crippen molar-refractivity contribution < 1.29 is 19.5 Å². The smallest absolute Gasteiger partial charge is 0.303 e. The zero-order valence-electron chi connectivity index (χ0n) is 13.5. The van der Waals surface area contributed by atoms with E-state index in [-0.39, 0.29) is 30.6 Å². The van der Waals surface area contributed by atoms with Gasteiger partial charge in [0.15, 0.2) is 0 Å². The molecule has 1 aromatic carbocycles. The fraction of sp³-hybridized carbons (Fsp3) is 0.471. The number of aliphatic carboxylic acids is 1. The first-order chi connectivity index (χ1) is 10.9. The molecule has 1 saturated heterocycles. The lowest BCUT2D eigenvalue weighted by Crippen LogP contribution is -2.33. The Hall–Kier alpha value is -2.37. The van der Waals surface area contributed by atoms with Crippen LogP contribution in [-0.4, -0.2) is 36.0 Å². The van der Waals surface area contributed by atoms with Crippen molar-refractivity contribution in [2.45, 2.75) is 33.1 Å². The minimum absolute atomic E-state index is 0.0263. The number of carbonyl (C=O) groups is 3. The summed E-state index contributed by atoms with van der Waals surface area (Å²) in [5.74, 6) is -1.50. The van der Waals surface area contributed by atoms with E-state index in [9.17, 15) is 14.4 Å². The first-order valence-electron chi connectivity index (χ1n) is 7.76. The molecular weight excluding hydrogens is 296 g/mol. The molecule has 124 valence electrons. The first-order valence-corrected chi connectivity index (χ1v) is 7.76. The molecule has 6 heteroatoms. The predicted octanol–water partition coefficient (Wildman–Crippen LogP) is 1.64. The number of anilines is 1. The molecule has 1 fully saturated rings. The van der Waals surface area contributed by atoms with Crippen LogP contribution in [0.25, 0.3) is 0 Å². The van der Waals surface area contributed by atoms with Crippen LogP contribution in [0.2, 0.25) is 0 Å². The van der Waals surface area contributed by atoms with Gasteiger partial charge in [0, 0.05) is 31.6 Å². The Morgan fingerprint density at radius 2 is 2.09 bits per heavy atom. The average molecular weight is 318 g/mol. The summed E-state index contributed by atoms with van der Waals surface area (Å²) in [6.45, 7) is 4.65. The number of aryl methyl sites for hydroxylation is 1. The van der Waals surface area contributed by atoms with Crippen molar-refractivity contribution >= 4 is 23.5 Å². The van der Waals surface area contributed by atoms with E-state index in [2.05, 4.69) is 5.32 Å². The number of hydrogen-bond acceptors (Lipinski definition) is 3. The third kappa shape index (κ3) is 4.09. The van der Waals surface area contributed by atoms with Crippen LogP contribution < -0.4 is 10.2 Å². The van der Waals surface area contributed by atoms with Gasteiger partial charge in [-0.25, -0.2) is 0 Å². The zero-order chi connectivity index (χ0) is 17.0. The molecule has 0 spiro atoms. The van der Waals surface area contributed by atoms with E-state index in [1.54, 1.807) is 4.90 Å². The Bertz CT molecular complexity index is 627. The van der Waals surface area contributed by atoms with Crippen molar-refractivity contribution in [1.82, 2.24) is 5.32 Å². The molecule has 2 rings (SSSR count). The molecule has 0 saturated carbocycles. The highest BCUT2D eigenvalue weighted by Crippen LogP contribution is 2.29. The summed E-state index contributed by atoms with van der Waals surface area (Å²) >= 11 is 0. The standard InChI is InChI=1S/C17H22N2O4/c1-11-5-3-6-14(12(11)2)19-10-13(9-15(19)20)17(23)18-8-4-7-16(21)22/h3,5-6,13H,4,7-10H2,1-2H3,(H,18,23)(H,21,22). The van der Waals surface area contributed by atoms with Crippen LogP contribution in [0.4, 0.5) is 5.69 Å². The lowest BCUT2D eigenvalue weighted by molar-refractivity contribution is -0.137. The minimum atomic E-state index is -0.878. The van der Waals surface area contributed by atoms with Gasteiger partial charge < -0.3 is 15.3 Å². The second kappa shape index (κ2) is 7.26. The first kappa shape index (κ1) is 17.0. The maximum absolute atomic E-state index is 12.2. The van der Waals surface area contributed by atoms with Crippen LogP contribution >= 0.6 is 0 Å². The largest absolute Gasteiger partial charge is 0.481 e. The number of benzene rings is 1. The Morgan fingerprint density at radius 1 is 1.35 bits per heavy atom. The molecule has 23 heavy (non-hydrogen) atoms. The van der Waals surface area contributed by atoms with Crippen LogP contribution in [-0.2, 0) is 14.4 Å². The number of hydrogen-bond donors (Lipinski definition) is 2. The van der Waals surface area contributed by atoms with E-state index in [4.69, 9.17) is 5.11 Å². The maximum Gasteiger partial charge on any atom is 0.303 e. The van der Waals surface area contributed by atoms with Crippen LogP contribution in [0, 0.1) is 19.8 Å². The Labute approximate surface area is 135 Å². The van der Waals surface area contributed by atoms with Gasteiger partial charge in [-0.05, 0) is 37.5 Å². The molecule has 6 nitrogen and oxygen atoms in total. The maximum atomic E-state index is 12.2. The fourth-order valence-corrected chi connectivity index (χ4v) is 2.74. The number of carboxylic acids is 1. The molecule has 0 radical (unpaired) electrons. The van der Waals surface area contributed by atoms with Crippen molar-refractivity contribution in [3.63, 3.8) is 0 Å². The zero-order valence-corrected chi connectivity index (χ0v) is 13.5. The Morgan fingerprint density at radius 3 is 2.78 bits per heavy atom. The van der Waals surface area contributed by atoms with Crippen molar-refractivity contribution in [1.29, 1.82) is 0 Å².